The third-order valence-corrected chi connectivity index (χ3v) is 6.55. The zero-order chi connectivity index (χ0) is 11.8. The lowest BCUT2D eigenvalue weighted by Crippen LogP contribution is -2.45. The van der Waals surface area contributed by atoms with Crippen LogP contribution in [-0.2, 0) is 0 Å². The van der Waals surface area contributed by atoms with Gasteiger partial charge in [0.25, 0.3) is 0 Å². The molecular formula is C17H30. The number of hydrogen-bond donors (Lipinski definition) is 0. The van der Waals surface area contributed by atoms with Crippen LogP contribution in [0.1, 0.15) is 71.6 Å². The van der Waals surface area contributed by atoms with Gasteiger partial charge in [0.1, 0.15) is 0 Å². The average molecular weight is 234 g/mol. The maximum Gasteiger partial charge on any atom is -0.0324 e. The second kappa shape index (κ2) is 4.94. The summed E-state index contributed by atoms with van der Waals surface area (Å²) in [5.41, 5.74) is 0. The molecule has 0 aromatic rings. The Morgan fingerprint density at radius 2 is 1.41 bits per heavy atom. The predicted molar refractivity (Wildman–Crippen MR) is 73.8 cm³/mol. The summed E-state index contributed by atoms with van der Waals surface area (Å²) in [7, 11) is 0. The van der Waals surface area contributed by atoms with E-state index in [0.717, 1.165) is 35.5 Å². The van der Waals surface area contributed by atoms with Gasteiger partial charge < -0.3 is 0 Å². The summed E-state index contributed by atoms with van der Waals surface area (Å²) in [4.78, 5) is 0. The van der Waals surface area contributed by atoms with Crippen LogP contribution in [0.4, 0.5) is 0 Å². The van der Waals surface area contributed by atoms with E-state index in [1.807, 2.05) is 0 Å². The number of hydrogen-bond acceptors (Lipinski definition) is 0. The lowest BCUT2D eigenvalue weighted by molar-refractivity contribution is -0.0389. The van der Waals surface area contributed by atoms with E-state index in [4.69, 9.17) is 0 Å². The van der Waals surface area contributed by atoms with Gasteiger partial charge in [-0.2, -0.15) is 0 Å². The van der Waals surface area contributed by atoms with Crippen LogP contribution in [0.2, 0.25) is 0 Å². The molecule has 98 valence electrons. The summed E-state index contributed by atoms with van der Waals surface area (Å²) in [5, 5.41) is 0. The molecule has 3 rings (SSSR count). The Hall–Kier alpha value is 0. The molecule has 0 N–H and O–H groups in total. The van der Waals surface area contributed by atoms with Crippen molar-refractivity contribution in [2.24, 2.45) is 35.5 Å². The maximum atomic E-state index is 2.57. The predicted octanol–water partition coefficient (Wildman–Crippen LogP) is 5.28. The van der Waals surface area contributed by atoms with Crippen LogP contribution >= 0.6 is 0 Å². The monoisotopic (exact) mass is 234 g/mol. The molecule has 5 unspecified atom stereocenters. The van der Waals surface area contributed by atoms with E-state index >= 15 is 0 Å². The molecule has 6 atom stereocenters. The van der Waals surface area contributed by atoms with Gasteiger partial charge in [-0.1, -0.05) is 58.8 Å². The molecule has 3 saturated carbocycles. The minimum Gasteiger partial charge on any atom is -0.0651 e. The number of rotatable bonds is 1. The fourth-order valence-corrected chi connectivity index (χ4v) is 5.86. The molecular weight excluding hydrogens is 204 g/mol. The third kappa shape index (κ3) is 2.06. The minimum atomic E-state index is 1.04. The summed E-state index contributed by atoms with van der Waals surface area (Å²) in [6.45, 7) is 5.02. The first kappa shape index (κ1) is 12.1. The molecule has 0 radical (unpaired) electrons. The third-order valence-electron chi connectivity index (χ3n) is 6.55. The molecule has 0 saturated heterocycles. The van der Waals surface area contributed by atoms with Crippen LogP contribution in [0.25, 0.3) is 0 Å². The molecule has 0 nitrogen and oxygen atoms in total. The number of fused-ring (bicyclic) bond motifs is 3. The van der Waals surface area contributed by atoms with Crippen molar-refractivity contribution in [1.29, 1.82) is 0 Å². The van der Waals surface area contributed by atoms with Gasteiger partial charge in [-0.25, -0.2) is 0 Å². The first-order chi connectivity index (χ1) is 8.31. The Kier molecular flexibility index (Phi) is 3.50. The fraction of sp³-hybridized carbons (Fsp3) is 1.00. The largest absolute Gasteiger partial charge is 0.0651 e. The lowest BCUT2D eigenvalue weighted by atomic mass is 9.52. The van der Waals surface area contributed by atoms with Crippen molar-refractivity contribution in [3.05, 3.63) is 0 Å². The second-order valence-electron chi connectivity index (χ2n) is 7.26. The van der Waals surface area contributed by atoms with E-state index in [1.165, 1.54) is 25.7 Å². The maximum absolute atomic E-state index is 2.57. The van der Waals surface area contributed by atoms with Gasteiger partial charge in [0.2, 0.25) is 0 Å². The highest BCUT2D eigenvalue weighted by molar-refractivity contribution is 4.96. The molecule has 0 aromatic heterocycles. The van der Waals surface area contributed by atoms with Gasteiger partial charge >= 0.3 is 0 Å². The molecule has 0 heterocycles. The molecule has 17 heavy (non-hydrogen) atoms. The standard InChI is InChI=1S/C17H30/c1-3-13-7-5-9-15-11-10-14-8-4-6-12(2)16(14)17(13)15/h12-17H,3-11H2,1-2H3/t12-,13?,14?,15?,16?,17?/m0/s1. The average Bonchev–Trinajstić information content (AvgIpc) is 2.38. The first-order valence-electron chi connectivity index (χ1n) is 8.31. The van der Waals surface area contributed by atoms with Crippen molar-refractivity contribution < 1.29 is 0 Å². The van der Waals surface area contributed by atoms with Crippen LogP contribution in [0.15, 0.2) is 0 Å². The molecule has 0 aromatic carbocycles. The quantitative estimate of drug-likeness (QED) is 0.579. The van der Waals surface area contributed by atoms with Crippen molar-refractivity contribution in [3.63, 3.8) is 0 Å². The lowest BCUT2D eigenvalue weighted by Gasteiger charge is -2.53. The van der Waals surface area contributed by atoms with Crippen molar-refractivity contribution in [3.8, 4) is 0 Å². The molecule has 0 aliphatic heterocycles. The highest BCUT2D eigenvalue weighted by Gasteiger charge is 2.46. The Balaban J connectivity index is 1.83. The topological polar surface area (TPSA) is 0 Å². The summed E-state index contributed by atoms with van der Waals surface area (Å²) in [6, 6.07) is 0. The van der Waals surface area contributed by atoms with Gasteiger partial charge in [0.05, 0.1) is 0 Å². The molecule has 0 spiro atoms. The van der Waals surface area contributed by atoms with Gasteiger partial charge in [-0.3, -0.25) is 0 Å². The summed E-state index contributed by atoms with van der Waals surface area (Å²) in [6.07, 6.45) is 13.9. The van der Waals surface area contributed by atoms with Crippen LogP contribution in [0.3, 0.4) is 0 Å². The molecule has 0 heteroatoms. The van der Waals surface area contributed by atoms with Crippen LogP contribution in [0, 0.1) is 35.5 Å². The van der Waals surface area contributed by atoms with E-state index < -0.39 is 0 Å². The van der Waals surface area contributed by atoms with E-state index in [2.05, 4.69) is 13.8 Å². The Morgan fingerprint density at radius 3 is 2.12 bits per heavy atom. The SMILES string of the molecule is CCC1CCCC2CCC3CCC[C@H](C)C3C12. The van der Waals surface area contributed by atoms with E-state index in [-0.39, 0.29) is 0 Å². The summed E-state index contributed by atoms with van der Waals surface area (Å²) < 4.78 is 0. The fourth-order valence-electron chi connectivity index (χ4n) is 5.86. The second-order valence-corrected chi connectivity index (χ2v) is 7.26. The van der Waals surface area contributed by atoms with Gasteiger partial charge in [0.15, 0.2) is 0 Å². The van der Waals surface area contributed by atoms with Gasteiger partial charge in [0, 0.05) is 0 Å². The highest BCUT2D eigenvalue weighted by Crippen LogP contribution is 2.55. The zero-order valence-corrected chi connectivity index (χ0v) is 11.8. The van der Waals surface area contributed by atoms with Gasteiger partial charge in [-0.05, 0) is 48.3 Å². The zero-order valence-electron chi connectivity index (χ0n) is 11.8. The minimum absolute atomic E-state index is 1.04. The summed E-state index contributed by atoms with van der Waals surface area (Å²) in [5.74, 6) is 6.61. The van der Waals surface area contributed by atoms with Crippen LogP contribution in [0.5, 0.6) is 0 Å². The molecule has 3 aliphatic rings. The van der Waals surface area contributed by atoms with Gasteiger partial charge in [-0.15, -0.1) is 0 Å². The van der Waals surface area contributed by atoms with E-state index in [0.29, 0.717) is 0 Å². The van der Waals surface area contributed by atoms with E-state index in [1.54, 1.807) is 32.1 Å². The van der Waals surface area contributed by atoms with Crippen molar-refractivity contribution in [2.45, 2.75) is 71.6 Å². The Morgan fingerprint density at radius 1 is 0.765 bits per heavy atom. The van der Waals surface area contributed by atoms with Crippen molar-refractivity contribution in [2.75, 3.05) is 0 Å². The van der Waals surface area contributed by atoms with Crippen molar-refractivity contribution >= 4 is 0 Å². The normalized spacial score (nSPS) is 50.5. The Labute approximate surface area is 108 Å². The molecule has 0 bridgehead atoms. The smallest absolute Gasteiger partial charge is 0.0324 e. The van der Waals surface area contributed by atoms with Crippen LogP contribution < -0.4 is 0 Å². The highest BCUT2D eigenvalue weighted by atomic mass is 14.5. The summed E-state index contributed by atoms with van der Waals surface area (Å²) >= 11 is 0. The molecule has 0 amide bonds. The molecule has 3 fully saturated rings. The van der Waals surface area contributed by atoms with Crippen molar-refractivity contribution in [1.82, 2.24) is 0 Å². The Bertz CT molecular complexity index is 251. The first-order valence-corrected chi connectivity index (χ1v) is 8.31. The van der Waals surface area contributed by atoms with Crippen LogP contribution in [-0.4, -0.2) is 0 Å². The molecule has 3 aliphatic carbocycles. The van der Waals surface area contributed by atoms with E-state index in [9.17, 15) is 0 Å².